The molecule has 2 aromatic rings. The van der Waals surface area contributed by atoms with Crippen LogP contribution >= 0.6 is 0 Å². The minimum Gasteiger partial charge on any atom is -0.368 e. The Morgan fingerprint density at radius 2 is 1.74 bits per heavy atom. The Morgan fingerprint density at radius 1 is 1.04 bits per heavy atom. The van der Waals surface area contributed by atoms with E-state index in [1.807, 2.05) is 19.1 Å². The third kappa shape index (κ3) is 4.32. The molecule has 1 aromatic carbocycles. The number of nitrogens with one attached hydrogen (secondary N) is 1. The van der Waals surface area contributed by atoms with Crippen LogP contribution < -0.4 is 15.1 Å². The summed E-state index contributed by atoms with van der Waals surface area (Å²) < 4.78 is 23.3. The van der Waals surface area contributed by atoms with E-state index in [9.17, 15) is 8.42 Å². The molecule has 1 aromatic heterocycles. The van der Waals surface area contributed by atoms with Crippen molar-refractivity contribution in [2.45, 2.75) is 19.4 Å². The predicted molar refractivity (Wildman–Crippen MR) is 108 cm³/mol. The van der Waals surface area contributed by atoms with Crippen LogP contribution in [-0.2, 0) is 9.84 Å². The maximum Gasteiger partial charge on any atom is 0.225 e. The summed E-state index contributed by atoms with van der Waals surface area (Å²) in [6, 6.07) is 12.3. The molecule has 4 rings (SSSR count). The third-order valence-electron chi connectivity index (χ3n) is 5.13. The van der Waals surface area contributed by atoms with Crippen LogP contribution in [-0.4, -0.2) is 62.1 Å². The molecule has 8 heteroatoms. The number of hydrogen-bond acceptors (Lipinski definition) is 7. The molecule has 0 radical (unpaired) electrons. The Kier molecular flexibility index (Phi) is 4.90. The second-order valence-electron chi connectivity index (χ2n) is 7.25. The number of nitrogens with zero attached hydrogens (tertiary/aromatic N) is 4. The number of rotatable bonds is 4. The number of aromatic nitrogens is 2. The van der Waals surface area contributed by atoms with Crippen molar-refractivity contribution in [1.82, 2.24) is 9.97 Å². The SMILES string of the molecule is Cc1cc(N2CCN(c3ccccc3)CC2)nc(NC2CCS(=O)(=O)C2)n1. The van der Waals surface area contributed by atoms with Crippen molar-refractivity contribution in [3.05, 3.63) is 42.1 Å². The number of para-hydroxylation sites is 1. The second kappa shape index (κ2) is 7.34. The normalized spacial score (nSPS) is 22.0. The molecule has 0 bridgehead atoms. The first-order valence-corrected chi connectivity index (χ1v) is 11.2. The van der Waals surface area contributed by atoms with E-state index in [0.29, 0.717) is 12.4 Å². The topological polar surface area (TPSA) is 78.4 Å². The maximum absolute atomic E-state index is 11.7. The van der Waals surface area contributed by atoms with E-state index in [1.54, 1.807) is 0 Å². The summed E-state index contributed by atoms with van der Waals surface area (Å²) in [5.41, 5.74) is 2.13. The van der Waals surface area contributed by atoms with Gasteiger partial charge in [0.25, 0.3) is 0 Å². The van der Waals surface area contributed by atoms with E-state index in [0.717, 1.165) is 37.7 Å². The molecule has 1 atom stereocenters. The van der Waals surface area contributed by atoms with Crippen LogP contribution in [0.25, 0.3) is 0 Å². The minimum atomic E-state index is -2.92. The zero-order chi connectivity index (χ0) is 18.9. The average Bonchev–Trinajstić information content (AvgIpc) is 3.00. The quantitative estimate of drug-likeness (QED) is 0.856. The Bertz CT molecular complexity index is 896. The van der Waals surface area contributed by atoms with E-state index in [1.165, 1.54) is 5.69 Å². The third-order valence-corrected chi connectivity index (χ3v) is 6.90. The van der Waals surface area contributed by atoms with Gasteiger partial charge in [0.1, 0.15) is 5.82 Å². The van der Waals surface area contributed by atoms with Crippen molar-refractivity contribution in [2.75, 3.05) is 52.8 Å². The van der Waals surface area contributed by atoms with Gasteiger partial charge in [-0.25, -0.2) is 13.4 Å². The fraction of sp³-hybridized carbons (Fsp3) is 0.474. The molecule has 2 fully saturated rings. The van der Waals surface area contributed by atoms with E-state index in [-0.39, 0.29) is 17.5 Å². The van der Waals surface area contributed by atoms with Crippen LogP contribution in [0.3, 0.4) is 0 Å². The number of aryl methyl sites for hydroxylation is 1. The maximum atomic E-state index is 11.7. The molecular weight excluding hydrogens is 362 g/mol. The van der Waals surface area contributed by atoms with Crippen LogP contribution in [0, 0.1) is 6.92 Å². The van der Waals surface area contributed by atoms with Crippen molar-refractivity contribution in [2.24, 2.45) is 0 Å². The van der Waals surface area contributed by atoms with Crippen LogP contribution in [0.5, 0.6) is 0 Å². The van der Waals surface area contributed by atoms with E-state index < -0.39 is 9.84 Å². The predicted octanol–water partition coefficient (Wildman–Crippen LogP) is 1.71. The molecule has 1 unspecified atom stereocenters. The highest BCUT2D eigenvalue weighted by molar-refractivity contribution is 7.91. The first kappa shape index (κ1) is 18.0. The van der Waals surface area contributed by atoms with E-state index in [4.69, 9.17) is 0 Å². The summed E-state index contributed by atoms with van der Waals surface area (Å²) >= 11 is 0. The molecule has 2 saturated heterocycles. The molecule has 0 spiro atoms. The highest BCUT2D eigenvalue weighted by Gasteiger charge is 2.28. The van der Waals surface area contributed by atoms with Gasteiger partial charge < -0.3 is 15.1 Å². The molecule has 0 amide bonds. The smallest absolute Gasteiger partial charge is 0.225 e. The molecule has 7 nitrogen and oxygen atoms in total. The molecule has 2 aliphatic heterocycles. The van der Waals surface area contributed by atoms with Gasteiger partial charge in [0.05, 0.1) is 11.5 Å². The van der Waals surface area contributed by atoms with Gasteiger partial charge in [-0.05, 0) is 25.5 Å². The van der Waals surface area contributed by atoms with Gasteiger partial charge in [0, 0.05) is 49.7 Å². The largest absolute Gasteiger partial charge is 0.368 e. The zero-order valence-electron chi connectivity index (χ0n) is 15.5. The van der Waals surface area contributed by atoms with Crippen molar-refractivity contribution < 1.29 is 8.42 Å². The molecule has 1 N–H and O–H groups in total. The summed E-state index contributed by atoms with van der Waals surface area (Å²) in [4.78, 5) is 13.8. The monoisotopic (exact) mass is 387 g/mol. The number of hydrogen-bond donors (Lipinski definition) is 1. The summed E-state index contributed by atoms with van der Waals surface area (Å²) in [6.07, 6.45) is 0.616. The fourth-order valence-corrected chi connectivity index (χ4v) is 5.38. The lowest BCUT2D eigenvalue weighted by molar-refractivity contribution is 0.602. The lowest BCUT2D eigenvalue weighted by Gasteiger charge is -2.36. The molecule has 2 aliphatic rings. The number of benzene rings is 1. The van der Waals surface area contributed by atoms with Gasteiger partial charge in [-0.1, -0.05) is 18.2 Å². The lowest BCUT2D eigenvalue weighted by atomic mass is 10.2. The van der Waals surface area contributed by atoms with Gasteiger partial charge in [0.2, 0.25) is 5.95 Å². The lowest BCUT2D eigenvalue weighted by Crippen LogP contribution is -2.47. The Hall–Kier alpha value is -2.35. The van der Waals surface area contributed by atoms with Gasteiger partial charge >= 0.3 is 0 Å². The molecule has 0 saturated carbocycles. The van der Waals surface area contributed by atoms with Crippen LogP contribution in [0.4, 0.5) is 17.5 Å². The van der Waals surface area contributed by atoms with E-state index >= 15 is 0 Å². The number of piperazine rings is 1. The summed E-state index contributed by atoms with van der Waals surface area (Å²) in [6.45, 7) is 5.61. The molecular formula is C19H25N5O2S. The minimum absolute atomic E-state index is 0.0976. The molecule has 27 heavy (non-hydrogen) atoms. The highest BCUT2D eigenvalue weighted by atomic mass is 32.2. The van der Waals surface area contributed by atoms with Gasteiger partial charge in [-0.15, -0.1) is 0 Å². The standard InChI is InChI=1S/C19H25N5O2S/c1-15-13-18(22-19(20-15)21-16-7-12-27(25,26)14-16)24-10-8-23(9-11-24)17-5-3-2-4-6-17/h2-6,13,16H,7-12,14H2,1H3,(H,20,21,22). The molecule has 144 valence electrons. The Balaban J connectivity index is 1.43. The second-order valence-corrected chi connectivity index (χ2v) is 9.47. The van der Waals surface area contributed by atoms with Crippen LogP contribution in [0.1, 0.15) is 12.1 Å². The fourth-order valence-electron chi connectivity index (χ4n) is 3.70. The summed E-state index contributed by atoms with van der Waals surface area (Å²) in [5.74, 6) is 1.83. The van der Waals surface area contributed by atoms with Crippen molar-refractivity contribution >= 4 is 27.3 Å². The van der Waals surface area contributed by atoms with Crippen molar-refractivity contribution in [3.63, 3.8) is 0 Å². The van der Waals surface area contributed by atoms with Crippen LogP contribution in [0.15, 0.2) is 36.4 Å². The Morgan fingerprint density at radius 3 is 2.41 bits per heavy atom. The molecule has 0 aliphatic carbocycles. The van der Waals surface area contributed by atoms with Crippen LogP contribution in [0.2, 0.25) is 0 Å². The van der Waals surface area contributed by atoms with Crippen molar-refractivity contribution in [3.8, 4) is 0 Å². The number of anilines is 3. The molecule has 3 heterocycles. The van der Waals surface area contributed by atoms with Gasteiger partial charge in [0.15, 0.2) is 9.84 Å². The first-order chi connectivity index (χ1) is 13.0. The zero-order valence-corrected chi connectivity index (χ0v) is 16.3. The summed E-state index contributed by atoms with van der Waals surface area (Å²) in [7, 11) is -2.92. The van der Waals surface area contributed by atoms with Gasteiger partial charge in [-0.2, -0.15) is 4.98 Å². The number of sulfone groups is 1. The Labute approximate surface area is 160 Å². The summed E-state index contributed by atoms with van der Waals surface area (Å²) in [5, 5.41) is 3.21. The first-order valence-electron chi connectivity index (χ1n) is 9.36. The highest BCUT2D eigenvalue weighted by Crippen LogP contribution is 2.22. The van der Waals surface area contributed by atoms with E-state index in [2.05, 4.69) is 49.4 Å². The van der Waals surface area contributed by atoms with Crippen molar-refractivity contribution in [1.29, 1.82) is 0 Å². The van der Waals surface area contributed by atoms with Gasteiger partial charge in [-0.3, -0.25) is 0 Å². The average molecular weight is 388 g/mol.